The molecule has 0 unspecified atom stereocenters. The van der Waals surface area contributed by atoms with Crippen LogP contribution in [0.2, 0.25) is 0 Å². The maximum atomic E-state index is 10.6. The molecule has 84 valence electrons. The number of hydrogen-bond acceptors (Lipinski definition) is 2. The summed E-state index contributed by atoms with van der Waals surface area (Å²) in [7, 11) is 0. The Balaban J connectivity index is 2.50. The van der Waals surface area contributed by atoms with E-state index in [1.165, 1.54) is 15.8 Å². The zero-order valence-corrected chi connectivity index (χ0v) is 9.52. The average molecular weight is 223 g/mol. The summed E-state index contributed by atoms with van der Waals surface area (Å²) in [6, 6.07) is 10.4. The van der Waals surface area contributed by atoms with Crippen molar-refractivity contribution in [1.29, 1.82) is 0 Å². The van der Waals surface area contributed by atoms with Crippen molar-refractivity contribution < 1.29 is 0 Å². The van der Waals surface area contributed by atoms with Gasteiger partial charge in [0.1, 0.15) is 6.54 Å². The van der Waals surface area contributed by atoms with Crippen LogP contribution in [0.25, 0.3) is 22.9 Å². The smallest absolute Gasteiger partial charge is 0.107 e. The van der Waals surface area contributed by atoms with Gasteiger partial charge < -0.3 is 0 Å². The molecule has 2 aromatic rings. The quantitative estimate of drug-likeness (QED) is 0.719. The fourth-order valence-electron chi connectivity index (χ4n) is 2.57. The number of benzene rings is 2. The lowest BCUT2D eigenvalue weighted by Gasteiger charge is -2.08. The van der Waals surface area contributed by atoms with Crippen molar-refractivity contribution in [3.8, 4) is 0 Å². The lowest BCUT2D eigenvalue weighted by molar-refractivity contribution is 1.03. The Hall–Kier alpha value is -1.96. The molecule has 0 atom stereocenters. The Kier molecular flexibility index (Phi) is 2.48. The standard InChI is InChI=1S/C15H13NO/c17-16-10-15-13-7-3-1-5-11(13)9-12-6-2-4-8-14(12)15/h1,3,5-9H,2,4,10H2. The van der Waals surface area contributed by atoms with E-state index in [9.17, 15) is 4.91 Å². The highest BCUT2D eigenvalue weighted by Gasteiger charge is 2.06. The summed E-state index contributed by atoms with van der Waals surface area (Å²) in [6.07, 6.45) is 6.61. The molecule has 0 radical (unpaired) electrons. The average Bonchev–Trinajstić information content (AvgIpc) is 2.39. The van der Waals surface area contributed by atoms with Gasteiger partial charge in [-0.15, -0.1) is 0 Å². The first-order valence-corrected chi connectivity index (χ1v) is 5.90. The van der Waals surface area contributed by atoms with Crippen LogP contribution in [0.4, 0.5) is 0 Å². The van der Waals surface area contributed by atoms with Crippen molar-refractivity contribution in [2.24, 2.45) is 5.18 Å². The number of nitroso groups, excluding NO2 is 1. The van der Waals surface area contributed by atoms with Gasteiger partial charge in [-0.05, 0) is 45.7 Å². The van der Waals surface area contributed by atoms with Gasteiger partial charge in [0.05, 0.1) is 0 Å². The number of fused-ring (bicyclic) bond motifs is 2. The molecule has 0 aliphatic heterocycles. The molecule has 2 nitrogen and oxygen atoms in total. The van der Waals surface area contributed by atoms with E-state index >= 15 is 0 Å². The largest absolute Gasteiger partial charge is 0.150 e. The van der Waals surface area contributed by atoms with Crippen LogP contribution < -0.4 is 10.4 Å². The SMILES string of the molecule is O=NCc1c2c(cc3ccccc13)=CCCC=2. The molecule has 0 saturated carbocycles. The van der Waals surface area contributed by atoms with Crippen LogP contribution in [-0.4, -0.2) is 0 Å². The highest BCUT2D eigenvalue weighted by atomic mass is 16.3. The molecule has 1 aliphatic carbocycles. The number of hydrogen-bond donors (Lipinski definition) is 0. The molecule has 0 spiro atoms. The predicted molar refractivity (Wildman–Crippen MR) is 70.9 cm³/mol. The molecular weight excluding hydrogens is 210 g/mol. The fraction of sp³-hybridized carbons (Fsp3) is 0.200. The summed E-state index contributed by atoms with van der Waals surface area (Å²) < 4.78 is 0. The Bertz CT molecular complexity index is 701. The van der Waals surface area contributed by atoms with Crippen LogP contribution in [0.5, 0.6) is 0 Å². The molecular formula is C15H13NO. The van der Waals surface area contributed by atoms with Crippen molar-refractivity contribution in [2.75, 3.05) is 0 Å². The molecule has 2 aromatic carbocycles. The van der Waals surface area contributed by atoms with Gasteiger partial charge in [0, 0.05) is 0 Å². The minimum absolute atomic E-state index is 0.258. The summed E-state index contributed by atoms with van der Waals surface area (Å²) in [5.41, 5.74) is 1.07. The van der Waals surface area contributed by atoms with Gasteiger partial charge in [0.2, 0.25) is 0 Å². The maximum absolute atomic E-state index is 10.6. The highest BCUT2D eigenvalue weighted by Crippen LogP contribution is 2.15. The molecule has 1 aliphatic rings. The van der Waals surface area contributed by atoms with Crippen molar-refractivity contribution in [2.45, 2.75) is 19.4 Å². The van der Waals surface area contributed by atoms with E-state index in [1.807, 2.05) is 12.1 Å². The van der Waals surface area contributed by atoms with E-state index < -0.39 is 0 Å². The molecule has 0 bridgehead atoms. The van der Waals surface area contributed by atoms with Crippen LogP contribution in [0.15, 0.2) is 35.5 Å². The van der Waals surface area contributed by atoms with Crippen molar-refractivity contribution in [3.63, 3.8) is 0 Å². The van der Waals surface area contributed by atoms with Gasteiger partial charge in [0.15, 0.2) is 0 Å². The second-order valence-electron chi connectivity index (χ2n) is 4.35. The number of nitrogens with zero attached hydrogens (tertiary/aromatic N) is 1. The Labute approximate surface area is 99.2 Å². The van der Waals surface area contributed by atoms with Crippen molar-refractivity contribution >= 4 is 22.9 Å². The fourth-order valence-corrected chi connectivity index (χ4v) is 2.57. The summed E-state index contributed by atoms with van der Waals surface area (Å²) >= 11 is 0. The van der Waals surface area contributed by atoms with Crippen LogP contribution in [-0.2, 0) is 6.54 Å². The van der Waals surface area contributed by atoms with Gasteiger partial charge in [0.25, 0.3) is 0 Å². The molecule has 0 amide bonds. The lowest BCUT2D eigenvalue weighted by Crippen LogP contribution is -2.30. The van der Waals surface area contributed by atoms with Crippen molar-refractivity contribution in [1.82, 2.24) is 0 Å². The first kappa shape index (κ1) is 10.2. The lowest BCUT2D eigenvalue weighted by atomic mass is 9.96. The number of rotatable bonds is 2. The molecule has 0 heterocycles. The normalized spacial score (nSPS) is 13.6. The third-order valence-corrected chi connectivity index (χ3v) is 3.34. The molecule has 0 saturated heterocycles. The third-order valence-electron chi connectivity index (χ3n) is 3.34. The maximum Gasteiger partial charge on any atom is 0.107 e. The minimum Gasteiger partial charge on any atom is -0.150 e. The van der Waals surface area contributed by atoms with Gasteiger partial charge >= 0.3 is 0 Å². The zero-order chi connectivity index (χ0) is 11.7. The first-order valence-electron chi connectivity index (χ1n) is 5.90. The Morgan fingerprint density at radius 3 is 2.82 bits per heavy atom. The second kappa shape index (κ2) is 4.13. The van der Waals surface area contributed by atoms with E-state index in [0.717, 1.165) is 23.8 Å². The molecule has 0 N–H and O–H groups in total. The van der Waals surface area contributed by atoms with E-state index in [2.05, 4.69) is 35.5 Å². The van der Waals surface area contributed by atoms with Gasteiger partial charge in [-0.25, -0.2) is 0 Å². The van der Waals surface area contributed by atoms with Gasteiger partial charge in [-0.1, -0.05) is 41.6 Å². The second-order valence-corrected chi connectivity index (χ2v) is 4.35. The van der Waals surface area contributed by atoms with Crippen LogP contribution in [0.1, 0.15) is 18.4 Å². The van der Waals surface area contributed by atoms with E-state index in [4.69, 9.17) is 0 Å². The summed E-state index contributed by atoms with van der Waals surface area (Å²) in [5.74, 6) is 0. The molecule has 2 heteroatoms. The van der Waals surface area contributed by atoms with Crippen LogP contribution in [0.3, 0.4) is 0 Å². The van der Waals surface area contributed by atoms with Crippen LogP contribution in [0, 0.1) is 4.91 Å². The summed E-state index contributed by atoms with van der Waals surface area (Å²) in [4.78, 5) is 10.6. The van der Waals surface area contributed by atoms with E-state index in [1.54, 1.807) is 0 Å². The zero-order valence-electron chi connectivity index (χ0n) is 9.52. The Morgan fingerprint density at radius 1 is 1.12 bits per heavy atom. The molecule has 0 aromatic heterocycles. The third kappa shape index (κ3) is 1.66. The Morgan fingerprint density at radius 2 is 1.94 bits per heavy atom. The predicted octanol–water partition coefficient (Wildman–Crippen LogP) is 2.46. The molecule has 17 heavy (non-hydrogen) atoms. The van der Waals surface area contributed by atoms with E-state index in [0.29, 0.717) is 0 Å². The minimum atomic E-state index is 0.258. The summed E-state index contributed by atoms with van der Waals surface area (Å²) in [5, 5.41) is 7.87. The van der Waals surface area contributed by atoms with E-state index in [-0.39, 0.29) is 6.54 Å². The topological polar surface area (TPSA) is 29.4 Å². The van der Waals surface area contributed by atoms with Gasteiger partial charge in [-0.3, -0.25) is 0 Å². The monoisotopic (exact) mass is 223 g/mol. The van der Waals surface area contributed by atoms with Crippen molar-refractivity contribution in [3.05, 3.63) is 51.2 Å². The van der Waals surface area contributed by atoms with Gasteiger partial charge in [-0.2, -0.15) is 4.91 Å². The first-order chi connectivity index (χ1) is 8.40. The highest BCUT2D eigenvalue weighted by molar-refractivity contribution is 5.86. The van der Waals surface area contributed by atoms with Crippen LogP contribution >= 0.6 is 0 Å². The molecule has 0 fully saturated rings. The summed E-state index contributed by atoms with van der Waals surface area (Å²) in [6.45, 7) is 0.258. The molecule has 3 rings (SSSR count).